The van der Waals surface area contributed by atoms with Gasteiger partial charge in [0.05, 0.1) is 98.4 Å². The van der Waals surface area contributed by atoms with Crippen molar-refractivity contribution in [2.24, 2.45) is 0 Å². The number of aromatic amines is 2. The van der Waals surface area contributed by atoms with Crippen molar-refractivity contribution in [2.45, 2.75) is 68.8 Å². The number of rotatable bonds is 22. The van der Waals surface area contributed by atoms with Crippen molar-refractivity contribution in [3.8, 4) is 5.75 Å². The predicted molar refractivity (Wildman–Crippen MR) is 260 cm³/mol. The first-order valence-corrected chi connectivity index (χ1v) is 28.1. The van der Waals surface area contributed by atoms with Crippen molar-refractivity contribution in [3.05, 3.63) is 62.2 Å². The topological polar surface area (TPSA) is 390 Å². The lowest BCUT2D eigenvalue weighted by molar-refractivity contribution is -0.136. The van der Waals surface area contributed by atoms with Crippen LogP contribution in [0.25, 0.3) is 22.3 Å². The Labute approximate surface area is 443 Å². The highest BCUT2D eigenvalue weighted by Crippen LogP contribution is 2.54. The third-order valence-electron chi connectivity index (χ3n) is 12.1. The average Bonchev–Trinajstić information content (AvgIpc) is 4.26. The first-order chi connectivity index (χ1) is 37.6. The standard InChI is InChI=1S/C43H55F4N11O19P2/c1-20-25(44)27(46)35(28(47)26(20)45)75-24(60)5-7-67-9-11-69-13-15-70-14-12-68-10-8-66-6-4-23(59)52-29-33-21(73-40(29)57-18-50-30-36(57)53-42(48)55-38(30)62)16-71-79(3,65)77-34-22(17-72-78(2,64)76-33)74-41(32(34)61)58-19-51-31-37(58)54-43(49)56-39(31)63/h18-19,21-22,29,32-34,40-41,61H,4-17H2,1-3H3,(H,52,59)(H3,48,53,55,62)(H3,49,54,56,63)/t21-,22-,29?,32+,33+,34?,40-,41-,78?,79?/m1/s1. The molecule has 30 nitrogen and oxygen atoms in total. The summed E-state index contributed by atoms with van der Waals surface area (Å²) in [5, 5.41) is 14.4. The number of halogens is 4. The van der Waals surface area contributed by atoms with Gasteiger partial charge in [-0.15, -0.1) is 0 Å². The number of carbonyl (C=O) groups excluding carboxylic acids is 2. The van der Waals surface area contributed by atoms with Crippen molar-refractivity contribution >= 4 is 61.3 Å². The van der Waals surface area contributed by atoms with Gasteiger partial charge in [-0.25, -0.2) is 18.7 Å². The lowest BCUT2D eigenvalue weighted by atomic mass is 10.1. The lowest BCUT2D eigenvalue weighted by Crippen LogP contribution is -2.48. The highest BCUT2D eigenvalue weighted by atomic mass is 31.2. The van der Waals surface area contributed by atoms with E-state index in [1.807, 2.05) is 0 Å². The molecule has 3 saturated heterocycles. The third kappa shape index (κ3) is 14.2. The van der Waals surface area contributed by atoms with Crippen LogP contribution < -0.4 is 32.6 Å². The van der Waals surface area contributed by atoms with E-state index < -0.39 is 141 Å². The molecule has 0 radical (unpaired) electrons. The molecule has 434 valence electrons. The second-order valence-corrected chi connectivity index (χ2v) is 21.8. The number of benzene rings is 1. The number of fused-ring (bicyclic) bond motifs is 4. The Morgan fingerprint density at radius 1 is 0.696 bits per heavy atom. The fraction of sp³-hybridized carbons (Fsp3) is 0.581. The quantitative estimate of drug-likeness (QED) is 0.0140. The van der Waals surface area contributed by atoms with Crippen molar-refractivity contribution < 1.29 is 97.4 Å². The molecule has 1 amide bonds. The first-order valence-electron chi connectivity index (χ1n) is 24.1. The molecule has 8 rings (SSSR count). The van der Waals surface area contributed by atoms with Crippen LogP contribution in [0.4, 0.5) is 29.5 Å². The number of nitrogen functional groups attached to an aromatic ring is 2. The van der Waals surface area contributed by atoms with Gasteiger partial charge in [-0.3, -0.25) is 51.9 Å². The van der Waals surface area contributed by atoms with Crippen LogP contribution in [0.2, 0.25) is 0 Å². The van der Waals surface area contributed by atoms with Gasteiger partial charge in [0.1, 0.15) is 36.6 Å². The molecule has 0 saturated carbocycles. The van der Waals surface area contributed by atoms with Crippen LogP contribution in [-0.2, 0) is 70.0 Å². The maximum absolute atomic E-state index is 14.3. The van der Waals surface area contributed by atoms with Crippen molar-refractivity contribution in [1.82, 2.24) is 44.4 Å². The van der Waals surface area contributed by atoms with E-state index in [0.29, 0.717) is 0 Å². The summed E-state index contributed by atoms with van der Waals surface area (Å²) in [6.07, 6.45) is -8.09. The molecule has 0 spiro atoms. The van der Waals surface area contributed by atoms with Crippen molar-refractivity contribution in [1.29, 1.82) is 0 Å². The summed E-state index contributed by atoms with van der Waals surface area (Å²) in [6.45, 7) is 2.69. The Morgan fingerprint density at radius 2 is 1.13 bits per heavy atom. The van der Waals surface area contributed by atoms with Crippen LogP contribution in [0.3, 0.4) is 0 Å². The maximum Gasteiger partial charge on any atom is 0.328 e. The van der Waals surface area contributed by atoms with Gasteiger partial charge in [0.25, 0.3) is 11.1 Å². The Bertz CT molecular complexity index is 3200. The van der Waals surface area contributed by atoms with Gasteiger partial charge in [0.15, 0.2) is 46.4 Å². The fourth-order valence-electron chi connectivity index (χ4n) is 8.32. The molecule has 0 aliphatic carbocycles. The number of anilines is 2. The molecule has 3 fully saturated rings. The van der Waals surface area contributed by atoms with Crippen LogP contribution in [0, 0.1) is 30.2 Å². The van der Waals surface area contributed by atoms with Gasteiger partial charge in [-0.2, -0.15) is 18.7 Å². The second-order valence-electron chi connectivity index (χ2n) is 17.8. The number of esters is 1. The van der Waals surface area contributed by atoms with Gasteiger partial charge < -0.3 is 73.4 Å². The number of hydrogen-bond acceptors (Lipinski definition) is 25. The Kier molecular flexibility index (Phi) is 19.3. The monoisotopic (exact) mass is 1170 g/mol. The average molecular weight is 1170 g/mol. The maximum atomic E-state index is 14.3. The minimum absolute atomic E-state index is 0.0368. The number of amides is 1. The van der Waals surface area contributed by atoms with Crippen LogP contribution in [0.15, 0.2) is 22.2 Å². The number of imidazole rings is 2. The summed E-state index contributed by atoms with van der Waals surface area (Å²) in [6, 6.07) is -1.28. The number of carbonyl (C=O) groups is 2. The van der Waals surface area contributed by atoms with E-state index in [1.54, 1.807) is 0 Å². The first kappa shape index (κ1) is 59.3. The summed E-state index contributed by atoms with van der Waals surface area (Å²) in [4.78, 5) is 72.0. The molecule has 4 unspecified atom stereocenters. The Balaban J connectivity index is 0.791. The number of nitrogens with two attached hydrogens (primary N) is 2. The predicted octanol–water partition coefficient (Wildman–Crippen LogP) is 0.854. The minimum atomic E-state index is -4.24. The summed E-state index contributed by atoms with van der Waals surface area (Å²) in [7, 11) is -8.45. The van der Waals surface area contributed by atoms with E-state index >= 15 is 0 Å². The molecular weight excluding hydrogens is 1110 g/mol. The minimum Gasteiger partial charge on any atom is -0.420 e. The van der Waals surface area contributed by atoms with E-state index in [-0.39, 0.29) is 107 Å². The van der Waals surface area contributed by atoms with Crippen LogP contribution in [0.5, 0.6) is 5.75 Å². The molecule has 0 bridgehead atoms. The van der Waals surface area contributed by atoms with Crippen molar-refractivity contribution in [2.75, 3.05) is 104 Å². The highest BCUT2D eigenvalue weighted by Gasteiger charge is 2.53. The van der Waals surface area contributed by atoms with Gasteiger partial charge >= 0.3 is 21.2 Å². The summed E-state index contributed by atoms with van der Waals surface area (Å²) >= 11 is 0. The van der Waals surface area contributed by atoms with Gasteiger partial charge in [0.2, 0.25) is 35.2 Å². The highest BCUT2D eigenvalue weighted by molar-refractivity contribution is 7.53. The van der Waals surface area contributed by atoms with E-state index in [2.05, 4.69) is 40.0 Å². The molecule has 3 aliphatic rings. The number of aliphatic hydroxyl groups is 1. The molecule has 4 aromatic heterocycles. The lowest BCUT2D eigenvalue weighted by Gasteiger charge is -2.30. The molecular formula is C43H55F4N11O19P2. The normalized spacial score (nSPS) is 26.4. The molecule has 5 aromatic rings. The largest absolute Gasteiger partial charge is 0.420 e. The van der Waals surface area contributed by atoms with E-state index in [9.17, 15) is 51.0 Å². The van der Waals surface area contributed by atoms with E-state index in [1.165, 1.54) is 21.8 Å². The SMILES string of the molecule is Cc1c(F)c(F)c(OC(=O)CCOCCOCCOCCOCCOCCC(=O)NC2[C@H]3OP(C)(=O)OC[C@H]4O[C@@H](n5cnc6c(=O)[nH]c(N)nc65)[C@@H](O)C4OP(C)(=O)OC[C@H]3O[C@H]2n2cnc3c(=O)[nH]c(N)nc32)c(F)c1F. The fourth-order valence-corrected chi connectivity index (χ4v) is 10.7. The number of nitrogens with zero attached hydrogens (tertiary/aromatic N) is 6. The summed E-state index contributed by atoms with van der Waals surface area (Å²) < 4.78 is 154. The molecule has 79 heavy (non-hydrogen) atoms. The van der Waals surface area contributed by atoms with Crippen LogP contribution in [0.1, 0.15) is 30.9 Å². The van der Waals surface area contributed by atoms with Gasteiger partial charge in [-0.1, -0.05) is 0 Å². The molecule has 8 N–H and O–H groups in total. The van der Waals surface area contributed by atoms with Crippen LogP contribution >= 0.6 is 15.2 Å². The number of aliphatic hydroxyl groups excluding tert-OH is 1. The molecule has 7 heterocycles. The van der Waals surface area contributed by atoms with Gasteiger partial charge in [-0.05, 0) is 6.92 Å². The smallest absolute Gasteiger partial charge is 0.328 e. The molecule has 1 aromatic carbocycles. The zero-order valence-electron chi connectivity index (χ0n) is 42.2. The van der Waals surface area contributed by atoms with E-state index in [4.69, 9.17) is 62.7 Å². The zero-order chi connectivity index (χ0) is 56.8. The molecule has 10 atom stereocenters. The van der Waals surface area contributed by atoms with Crippen LogP contribution in [-0.4, -0.2) is 185 Å². The zero-order valence-corrected chi connectivity index (χ0v) is 44.0. The third-order valence-corrected chi connectivity index (χ3v) is 14.6. The van der Waals surface area contributed by atoms with E-state index in [0.717, 1.165) is 20.3 Å². The number of hydrogen-bond donors (Lipinski definition) is 6. The summed E-state index contributed by atoms with van der Waals surface area (Å²) in [5.41, 5.74) is 9.01. The number of H-pyrrole nitrogens is 2. The molecule has 3 aliphatic heterocycles. The number of aromatic nitrogens is 8. The van der Waals surface area contributed by atoms with Crippen molar-refractivity contribution in [3.63, 3.8) is 0 Å². The summed E-state index contributed by atoms with van der Waals surface area (Å²) in [5.74, 6) is -10.8. The Hall–Kier alpha value is -5.84. The Morgan fingerprint density at radius 3 is 1.63 bits per heavy atom. The molecule has 36 heteroatoms. The second kappa shape index (κ2) is 25.7. The number of nitrogens with one attached hydrogen (secondary N) is 3. The number of ether oxygens (including phenoxy) is 8. The van der Waals surface area contributed by atoms with Gasteiger partial charge in [0, 0.05) is 25.3 Å².